The zero-order valence-electron chi connectivity index (χ0n) is 32.0. The number of nitrogens with zero attached hydrogens (tertiary/aromatic N) is 2. The fourth-order valence-corrected chi connectivity index (χ4v) is 7.90. The molecule has 0 unspecified atom stereocenters. The number of hydrogen-bond donors (Lipinski definition) is 3. The predicted octanol–water partition coefficient (Wildman–Crippen LogP) is 4.53. The first-order chi connectivity index (χ1) is 24.8. The molecule has 3 aliphatic rings. The number of methoxy groups -OCH3 is 1. The minimum absolute atomic E-state index is 0.0547. The molecule has 3 amide bonds. The van der Waals surface area contributed by atoms with E-state index in [-0.39, 0.29) is 36.8 Å². The third-order valence-electron chi connectivity index (χ3n) is 10.4. The van der Waals surface area contributed by atoms with Crippen molar-refractivity contribution < 1.29 is 48.3 Å². The molecule has 0 spiro atoms. The van der Waals surface area contributed by atoms with Gasteiger partial charge in [0.25, 0.3) is 0 Å². The zero-order valence-corrected chi connectivity index (χ0v) is 33.6. The van der Waals surface area contributed by atoms with Gasteiger partial charge in [-0.1, -0.05) is 62.2 Å². The van der Waals surface area contributed by atoms with Gasteiger partial charge in [0.1, 0.15) is 30.0 Å². The fourth-order valence-electron chi connectivity index (χ4n) is 6.84. The number of anilines is 1. The summed E-state index contributed by atoms with van der Waals surface area (Å²) in [7, 11) is 4.52. The van der Waals surface area contributed by atoms with E-state index in [9.17, 15) is 29.4 Å². The van der Waals surface area contributed by atoms with E-state index in [1.807, 2.05) is 26.8 Å². The largest absolute Gasteiger partial charge is 0.457 e. The zero-order chi connectivity index (χ0) is 39.4. The van der Waals surface area contributed by atoms with Gasteiger partial charge >= 0.3 is 12.1 Å². The molecular weight excluding hydrogens is 726 g/mol. The van der Waals surface area contributed by atoms with Gasteiger partial charge in [0, 0.05) is 45.7 Å². The number of epoxide rings is 1. The van der Waals surface area contributed by atoms with Crippen LogP contribution in [0.5, 0.6) is 0 Å². The van der Waals surface area contributed by atoms with Crippen molar-refractivity contribution in [2.45, 2.75) is 121 Å². The van der Waals surface area contributed by atoms with Crippen molar-refractivity contribution in [3.63, 3.8) is 0 Å². The number of carbonyl (C=O) groups excluding carboxylic acids is 4. The molecule has 294 valence electrons. The molecule has 13 nitrogen and oxygen atoms in total. The molecule has 3 aliphatic heterocycles. The van der Waals surface area contributed by atoms with E-state index < -0.39 is 65.7 Å². The number of carbonyl (C=O) groups is 4. The first kappa shape index (κ1) is 42.6. The maximum atomic E-state index is 14.1. The molecule has 53 heavy (non-hydrogen) atoms. The van der Waals surface area contributed by atoms with Crippen LogP contribution in [-0.2, 0) is 46.4 Å². The third kappa shape index (κ3) is 9.95. The summed E-state index contributed by atoms with van der Waals surface area (Å²) < 4.78 is 23.6. The second-order valence-corrected chi connectivity index (χ2v) is 16.8. The summed E-state index contributed by atoms with van der Waals surface area (Å²) in [5.41, 5.74) is -0.575. The van der Waals surface area contributed by atoms with E-state index in [1.165, 1.54) is 16.9 Å². The van der Waals surface area contributed by atoms with Crippen LogP contribution < -0.4 is 10.2 Å². The van der Waals surface area contributed by atoms with Crippen molar-refractivity contribution in [2.24, 2.45) is 5.92 Å². The number of hydrogen-bond acceptors (Lipinski definition) is 11. The van der Waals surface area contributed by atoms with E-state index >= 15 is 0 Å². The summed E-state index contributed by atoms with van der Waals surface area (Å²) >= 11 is 8.37. The number of ether oxygens (including phenoxy) is 4. The van der Waals surface area contributed by atoms with E-state index in [1.54, 1.807) is 70.9 Å². The molecule has 8 atom stereocenters. The number of allylic oxidation sites excluding steroid dienone is 3. The highest BCUT2D eigenvalue weighted by Gasteiger charge is 2.64. The lowest BCUT2D eigenvalue weighted by atomic mass is 9.83. The van der Waals surface area contributed by atoms with Gasteiger partial charge in [0.2, 0.25) is 11.8 Å². The lowest BCUT2D eigenvalue weighted by Gasteiger charge is -2.42. The highest BCUT2D eigenvalue weighted by atomic mass is 35.5. The number of fused-ring (bicyclic) bond motifs is 5. The Labute approximate surface area is 321 Å². The minimum atomic E-state index is -1.83. The molecule has 3 heterocycles. The van der Waals surface area contributed by atoms with E-state index in [2.05, 4.69) is 5.32 Å². The number of amides is 3. The number of nitrogens with one attached hydrogen (secondary N) is 1. The standard InChI is InChI=1S/C38H54ClN3O10S/c1-21(2)53-14-13-31(44)41(7)24(5)35(46)51-30-18-32(45)42(8)27-17-25(16-26(20-43)33(27)39)15-22(3)11-10-12-29(49-9)38(48)19-28(50-36(47)40-38)23(4)34-37(30,6)52-34/h10-12,16-17,21,23-24,28-30,34,43,48H,13-15,18-20H2,1-9H3,(H,40,47)/b12-10+,22-11+/t23-,24-,28+,29-,30+,34+,37+,38+/m1/s1. The lowest BCUT2D eigenvalue weighted by Crippen LogP contribution is -2.63. The number of benzene rings is 1. The molecule has 4 rings (SSSR count). The van der Waals surface area contributed by atoms with Gasteiger partial charge in [-0.15, -0.1) is 0 Å². The number of esters is 1. The predicted molar refractivity (Wildman–Crippen MR) is 203 cm³/mol. The molecule has 4 bridgehead atoms. The number of rotatable bonds is 9. The molecule has 0 saturated carbocycles. The Morgan fingerprint density at radius 1 is 1.25 bits per heavy atom. The first-order valence-electron chi connectivity index (χ1n) is 17.9. The average Bonchev–Trinajstić information content (AvgIpc) is 3.79. The Kier molecular flexibility index (Phi) is 14.1. The summed E-state index contributed by atoms with van der Waals surface area (Å²) in [6.45, 7) is 10.7. The Bertz CT molecular complexity index is 1610. The van der Waals surface area contributed by atoms with Crippen LogP contribution in [0, 0.1) is 5.92 Å². The second-order valence-electron chi connectivity index (χ2n) is 14.7. The molecule has 0 aliphatic carbocycles. The number of alkyl carbamates (subject to hydrolysis) is 1. The van der Waals surface area contributed by atoms with Crippen molar-refractivity contribution in [1.82, 2.24) is 10.2 Å². The summed E-state index contributed by atoms with van der Waals surface area (Å²) in [5.74, 6) is -1.32. The van der Waals surface area contributed by atoms with Crippen molar-refractivity contribution in [3.05, 3.63) is 52.1 Å². The van der Waals surface area contributed by atoms with Crippen LogP contribution >= 0.6 is 23.4 Å². The minimum Gasteiger partial charge on any atom is -0.457 e. The van der Waals surface area contributed by atoms with Crippen LogP contribution in [0.4, 0.5) is 10.5 Å². The van der Waals surface area contributed by atoms with Crippen molar-refractivity contribution >= 4 is 52.9 Å². The summed E-state index contributed by atoms with van der Waals surface area (Å²) in [4.78, 5) is 56.4. The average molecular weight is 780 g/mol. The van der Waals surface area contributed by atoms with Crippen LogP contribution in [0.25, 0.3) is 0 Å². The Hall–Kier alpha value is -3.14. The lowest BCUT2D eigenvalue weighted by molar-refractivity contribution is -0.162. The number of thioether (sulfide) groups is 1. The molecule has 3 N–H and O–H groups in total. The quantitative estimate of drug-likeness (QED) is 0.238. The fraction of sp³-hybridized carbons (Fsp3) is 0.632. The number of halogens is 1. The van der Waals surface area contributed by atoms with Crippen LogP contribution in [0.15, 0.2) is 35.9 Å². The maximum absolute atomic E-state index is 14.1. The molecular formula is C38H54ClN3O10S. The van der Waals surface area contributed by atoms with Crippen LogP contribution in [-0.4, -0.2) is 113 Å². The Morgan fingerprint density at radius 3 is 2.58 bits per heavy atom. The van der Waals surface area contributed by atoms with Gasteiger partial charge in [-0.25, -0.2) is 9.59 Å². The molecule has 0 aromatic heterocycles. The molecule has 2 saturated heterocycles. The molecule has 1 aromatic rings. The Balaban J connectivity index is 1.73. The van der Waals surface area contributed by atoms with E-state index in [0.717, 1.165) is 11.1 Å². The van der Waals surface area contributed by atoms with Gasteiger partial charge in [-0.05, 0) is 49.6 Å². The number of likely N-dealkylation sites (N-methyl/N-ethyl adjacent to an activating group) is 1. The molecule has 0 radical (unpaired) electrons. The SMILES string of the molecule is CO[C@@H]1/C=C/C=C(\C)Cc2cc(CO)c(Cl)c(c2)N(C)C(=O)C[C@H](OC(=O)[C@@H](C)N(C)C(=O)CCSC(C)C)[C@]2(C)O[C@H]2[C@H](C)[C@@H]2C[C@@]1(O)NC(=O)O2. The number of aliphatic hydroxyl groups excluding tert-OH is 1. The third-order valence-corrected chi connectivity index (χ3v) is 11.9. The molecule has 15 heteroatoms. The monoisotopic (exact) mass is 779 g/mol. The highest BCUT2D eigenvalue weighted by molar-refractivity contribution is 7.99. The summed E-state index contributed by atoms with van der Waals surface area (Å²) in [5, 5.41) is 24.9. The van der Waals surface area contributed by atoms with E-state index in [4.69, 9.17) is 30.5 Å². The van der Waals surface area contributed by atoms with Crippen molar-refractivity contribution in [2.75, 3.05) is 31.9 Å². The van der Waals surface area contributed by atoms with E-state index in [0.29, 0.717) is 28.7 Å². The van der Waals surface area contributed by atoms with Crippen LogP contribution in [0.1, 0.15) is 71.9 Å². The Morgan fingerprint density at radius 2 is 1.94 bits per heavy atom. The van der Waals surface area contributed by atoms with Crippen LogP contribution in [0.2, 0.25) is 5.02 Å². The number of aliphatic hydroxyl groups is 2. The first-order valence-corrected chi connectivity index (χ1v) is 19.3. The highest BCUT2D eigenvalue weighted by Crippen LogP contribution is 2.49. The van der Waals surface area contributed by atoms with Gasteiger partial charge in [0.15, 0.2) is 5.72 Å². The van der Waals surface area contributed by atoms with Crippen LogP contribution in [0.3, 0.4) is 0 Å². The van der Waals surface area contributed by atoms with Gasteiger partial charge in [-0.2, -0.15) is 11.8 Å². The van der Waals surface area contributed by atoms with Crippen molar-refractivity contribution in [1.29, 1.82) is 0 Å². The van der Waals surface area contributed by atoms with Crippen molar-refractivity contribution in [3.8, 4) is 0 Å². The normalized spacial score (nSPS) is 31.4. The topological polar surface area (TPSA) is 167 Å². The smallest absolute Gasteiger partial charge is 0.409 e. The van der Waals surface area contributed by atoms with Gasteiger partial charge < -0.3 is 39.0 Å². The van der Waals surface area contributed by atoms with Gasteiger partial charge in [0.05, 0.1) is 29.8 Å². The molecule has 2 fully saturated rings. The summed E-state index contributed by atoms with van der Waals surface area (Å²) in [6.07, 6.45) is 1.07. The molecule has 1 aromatic carbocycles. The second kappa shape index (κ2) is 17.5. The van der Waals surface area contributed by atoms with Gasteiger partial charge in [-0.3, -0.25) is 14.9 Å². The maximum Gasteiger partial charge on any atom is 0.409 e. The summed E-state index contributed by atoms with van der Waals surface area (Å²) in [6, 6.07) is 2.57.